The Morgan fingerprint density at radius 1 is 1.00 bits per heavy atom. The monoisotopic (exact) mass is 309 g/mol. The van der Waals surface area contributed by atoms with Gasteiger partial charge in [-0.2, -0.15) is 0 Å². The van der Waals surface area contributed by atoms with Gasteiger partial charge in [-0.15, -0.1) is 0 Å². The van der Waals surface area contributed by atoms with E-state index in [1.807, 2.05) is 6.07 Å². The highest BCUT2D eigenvalue weighted by Crippen LogP contribution is 2.42. The minimum atomic E-state index is 0.0563. The smallest absolute Gasteiger partial charge is 0.0628 e. The molecule has 2 nitrogen and oxygen atoms in total. The van der Waals surface area contributed by atoms with E-state index in [0.717, 1.165) is 6.54 Å². The maximum Gasteiger partial charge on any atom is 0.0628 e. The highest BCUT2D eigenvalue weighted by Gasteiger charge is 2.35. The molecule has 3 atom stereocenters. The number of nitrogens with zero attached hydrogens (tertiary/aromatic N) is 1. The molecule has 3 rings (SSSR count). The van der Waals surface area contributed by atoms with Gasteiger partial charge >= 0.3 is 0 Å². The minimum absolute atomic E-state index is 0.0563. The van der Waals surface area contributed by atoms with E-state index in [-0.39, 0.29) is 12.6 Å². The molecule has 2 heteroatoms. The van der Waals surface area contributed by atoms with Crippen LogP contribution in [0, 0.1) is 5.92 Å². The fraction of sp³-hybridized carbons (Fsp3) is 0.429. The minimum Gasteiger partial charge on any atom is -0.394 e. The van der Waals surface area contributed by atoms with Gasteiger partial charge in [-0.1, -0.05) is 68.4 Å². The first-order chi connectivity index (χ1) is 11.1. The summed E-state index contributed by atoms with van der Waals surface area (Å²) in [5.74, 6) is 1.10. The Morgan fingerprint density at radius 3 is 2.22 bits per heavy atom. The van der Waals surface area contributed by atoms with Crippen molar-refractivity contribution in [3.63, 3.8) is 0 Å². The summed E-state index contributed by atoms with van der Waals surface area (Å²) in [5, 5.41) is 10.1. The van der Waals surface area contributed by atoms with Crippen molar-refractivity contribution in [2.75, 3.05) is 13.2 Å². The molecule has 1 heterocycles. The Morgan fingerprint density at radius 2 is 1.61 bits per heavy atom. The molecule has 2 aromatic rings. The quantitative estimate of drug-likeness (QED) is 0.896. The lowest BCUT2D eigenvalue weighted by atomic mass is 9.79. The van der Waals surface area contributed by atoms with Gasteiger partial charge in [0.2, 0.25) is 0 Å². The van der Waals surface area contributed by atoms with E-state index in [1.54, 1.807) is 0 Å². The molecule has 23 heavy (non-hydrogen) atoms. The Kier molecular flexibility index (Phi) is 4.84. The lowest BCUT2D eigenvalue weighted by Gasteiger charge is -2.45. The summed E-state index contributed by atoms with van der Waals surface area (Å²) in [5.41, 5.74) is 4.09. The Bertz CT molecular complexity index is 637. The molecule has 0 saturated heterocycles. The molecule has 0 bridgehead atoms. The van der Waals surface area contributed by atoms with Gasteiger partial charge < -0.3 is 5.11 Å². The number of rotatable bonds is 4. The largest absolute Gasteiger partial charge is 0.394 e. The van der Waals surface area contributed by atoms with Crippen LogP contribution in [0.3, 0.4) is 0 Å². The second kappa shape index (κ2) is 6.86. The van der Waals surface area contributed by atoms with Gasteiger partial charge in [0.1, 0.15) is 0 Å². The summed E-state index contributed by atoms with van der Waals surface area (Å²) >= 11 is 0. The van der Waals surface area contributed by atoms with Crippen LogP contribution in [0.2, 0.25) is 0 Å². The average molecular weight is 309 g/mol. The summed E-state index contributed by atoms with van der Waals surface area (Å²) < 4.78 is 0. The number of benzene rings is 2. The van der Waals surface area contributed by atoms with Gasteiger partial charge in [-0.25, -0.2) is 0 Å². The van der Waals surface area contributed by atoms with E-state index in [2.05, 4.69) is 74.2 Å². The molecule has 0 aromatic heterocycles. The number of aliphatic hydroxyl groups is 1. The predicted molar refractivity (Wildman–Crippen MR) is 95.4 cm³/mol. The van der Waals surface area contributed by atoms with E-state index in [1.165, 1.54) is 16.7 Å². The van der Waals surface area contributed by atoms with Gasteiger partial charge in [-0.05, 0) is 35.4 Å². The third-order valence-electron chi connectivity index (χ3n) is 5.31. The van der Waals surface area contributed by atoms with Gasteiger partial charge in [0.05, 0.1) is 12.6 Å². The van der Waals surface area contributed by atoms with E-state index >= 15 is 0 Å². The number of aliphatic hydroxyl groups excluding tert-OH is 1. The summed E-state index contributed by atoms with van der Waals surface area (Å²) in [4.78, 5) is 2.47. The molecule has 2 aromatic carbocycles. The zero-order valence-corrected chi connectivity index (χ0v) is 14.3. The lowest BCUT2D eigenvalue weighted by Crippen LogP contribution is -2.41. The van der Waals surface area contributed by atoms with Crippen molar-refractivity contribution in [3.05, 3.63) is 71.3 Å². The Labute approximate surface area is 139 Å². The molecular formula is C21H27NO. The predicted octanol–water partition coefficient (Wildman–Crippen LogP) is 4.54. The van der Waals surface area contributed by atoms with Crippen molar-refractivity contribution >= 4 is 0 Å². The fourth-order valence-electron chi connectivity index (χ4n) is 3.94. The highest BCUT2D eigenvalue weighted by atomic mass is 16.3. The molecular weight excluding hydrogens is 282 g/mol. The van der Waals surface area contributed by atoms with Crippen molar-refractivity contribution in [2.45, 2.75) is 38.8 Å². The van der Waals surface area contributed by atoms with Crippen molar-refractivity contribution in [1.29, 1.82) is 0 Å². The van der Waals surface area contributed by atoms with Crippen LogP contribution in [-0.4, -0.2) is 23.2 Å². The van der Waals surface area contributed by atoms with Crippen LogP contribution >= 0.6 is 0 Å². The first kappa shape index (κ1) is 16.2. The molecule has 0 amide bonds. The molecule has 0 aliphatic carbocycles. The third-order valence-corrected chi connectivity index (χ3v) is 5.31. The Balaban J connectivity index is 2.00. The fourth-order valence-corrected chi connectivity index (χ4v) is 3.94. The van der Waals surface area contributed by atoms with E-state index in [0.29, 0.717) is 17.9 Å². The topological polar surface area (TPSA) is 23.5 Å². The molecule has 0 spiro atoms. The summed E-state index contributed by atoms with van der Waals surface area (Å²) in [6.45, 7) is 8.01. The van der Waals surface area contributed by atoms with Crippen LogP contribution in [0.4, 0.5) is 0 Å². The lowest BCUT2D eigenvalue weighted by molar-refractivity contribution is 0.0661. The summed E-state index contributed by atoms with van der Waals surface area (Å²) in [7, 11) is 0. The second-order valence-corrected chi connectivity index (χ2v) is 6.96. The maximum absolute atomic E-state index is 10.1. The first-order valence-electron chi connectivity index (χ1n) is 8.63. The zero-order chi connectivity index (χ0) is 16.4. The van der Waals surface area contributed by atoms with Crippen LogP contribution in [0.1, 0.15) is 55.5 Å². The van der Waals surface area contributed by atoms with Gasteiger partial charge in [0.25, 0.3) is 0 Å². The molecule has 0 radical (unpaired) electrons. The summed E-state index contributed by atoms with van der Waals surface area (Å²) in [6, 6.07) is 19.6. The molecule has 1 N–H and O–H groups in total. The van der Waals surface area contributed by atoms with E-state index in [9.17, 15) is 5.11 Å². The molecule has 0 unspecified atom stereocenters. The first-order valence-corrected chi connectivity index (χ1v) is 8.63. The van der Waals surface area contributed by atoms with Crippen LogP contribution in [-0.2, 0) is 0 Å². The molecule has 0 fully saturated rings. The number of hydrogen-bond acceptors (Lipinski definition) is 2. The van der Waals surface area contributed by atoms with Gasteiger partial charge in [-0.3, -0.25) is 4.90 Å². The van der Waals surface area contributed by atoms with Crippen molar-refractivity contribution in [2.24, 2.45) is 5.92 Å². The summed E-state index contributed by atoms with van der Waals surface area (Å²) in [6.07, 6.45) is 0. The Hall–Kier alpha value is -1.64. The van der Waals surface area contributed by atoms with Crippen LogP contribution < -0.4 is 0 Å². The van der Waals surface area contributed by atoms with Gasteiger partial charge in [0, 0.05) is 12.6 Å². The molecule has 0 saturated carbocycles. The molecule has 1 aliphatic rings. The highest BCUT2D eigenvalue weighted by molar-refractivity contribution is 5.36. The standard InChI is InChI=1S/C21H27NO/c1-15(2)20-13-22(16(3)18-11-7-8-12-19(18)20)21(14-23)17-9-5-4-6-10-17/h4-12,15-16,20-21,23H,13-14H2,1-3H3/t16-,20-,21+/m1/s1. The maximum atomic E-state index is 10.1. The second-order valence-electron chi connectivity index (χ2n) is 6.96. The third kappa shape index (κ3) is 3.06. The SMILES string of the molecule is CC(C)[C@H]1CN([C@@H](CO)c2ccccc2)[C@H](C)c2ccccc21. The van der Waals surface area contributed by atoms with Crippen molar-refractivity contribution in [1.82, 2.24) is 4.90 Å². The molecule has 122 valence electrons. The zero-order valence-electron chi connectivity index (χ0n) is 14.3. The van der Waals surface area contributed by atoms with Crippen LogP contribution in [0.15, 0.2) is 54.6 Å². The average Bonchev–Trinajstić information content (AvgIpc) is 2.58. The van der Waals surface area contributed by atoms with Gasteiger partial charge in [0.15, 0.2) is 0 Å². The van der Waals surface area contributed by atoms with E-state index in [4.69, 9.17) is 0 Å². The number of hydrogen-bond donors (Lipinski definition) is 1. The number of fused-ring (bicyclic) bond motifs is 1. The van der Waals surface area contributed by atoms with Crippen LogP contribution in [0.5, 0.6) is 0 Å². The normalized spacial score (nSPS) is 22.8. The van der Waals surface area contributed by atoms with E-state index < -0.39 is 0 Å². The van der Waals surface area contributed by atoms with Crippen molar-refractivity contribution < 1.29 is 5.11 Å². The molecule has 1 aliphatic heterocycles. The van der Waals surface area contributed by atoms with Crippen molar-refractivity contribution in [3.8, 4) is 0 Å². The van der Waals surface area contributed by atoms with Crippen LogP contribution in [0.25, 0.3) is 0 Å².